The summed E-state index contributed by atoms with van der Waals surface area (Å²) in [6.45, 7) is 1.88. The molecule has 0 saturated heterocycles. The van der Waals surface area contributed by atoms with Crippen molar-refractivity contribution >= 4 is 39.0 Å². The summed E-state index contributed by atoms with van der Waals surface area (Å²) in [7, 11) is 0. The van der Waals surface area contributed by atoms with Gasteiger partial charge in [0.1, 0.15) is 11.0 Å². The van der Waals surface area contributed by atoms with Crippen LogP contribution in [0.5, 0.6) is 0 Å². The Balaban J connectivity index is 2.36. The molecule has 0 aliphatic heterocycles. The van der Waals surface area contributed by atoms with Crippen molar-refractivity contribution in [2.24, 2.45) is 0 Å². The van der Waals surface area contributed by atoms with Crippen molar-refractivity contribution in [3.63, 3.8) is 0 Å². The van der Waals surface area contributed by atoms with Crippen LogP contribution < -0.4 is 5.32 Å². The Bertz CT molecular complexity index is 624. The standard InChI is InChI=1S/C13H9BrClF3N2/c1-7-2-9(14)6-10(3-7)19-12-5-8(13(16,17)18)4-11(15)20-12/h2-6H,1H3,(H,19,20). The summed E-state index contributed by atoms with van der Waals surface area (Å²) in [5.41, 5.74) is 0.742. The summed E-state index contributed by atoms with van der Waals surface area (Å²) >= 11 is 8.94. The molecule has 20 heavy (non-hydrogen) atoms. The Kier molecular flexibility index (Phi) is 4.25. The lowest BCUT2D eigenvalue weighted by atomic mass is 10.2. The van der Waals surface area contributed by atoms with Crippen molar-refractivity contribution in [3.8, 4) is 0 Å². The number of aromatic nitrogens is 1. The first-order chi connectivity index (χ1) is 9.24. The number of benzene rings is 1. The normalized spacial score (nSPS) is 11.5. The Labute approximate surface area is 127 Å². The van der Waals surface area contributed by atoms with Gasteiger partial charge in [0.15, 0.2) is 0 Å². The predicted octanol–water partition coefficient (Wildman–Crippen LogP) is 5.57. The fourth-order valence-corrected chi connectivity index (χ4v) is 2.50. The molecule has 1 N–H and O–H groups in total. The summed E-state index contributed by atoms with van der Waals surface area (Å²) < 4.78 is 38.9. The molecule has 0 bridgehead atoms. The molecule has 2 aromatic rings. The van der Waals surface area contributed by atoms with Gasteiger partial charge in [-0.1, -0.05) is 27.5 Å². The van der Waals surface area contributed by atoms with E-state index < -0.39 is 11.7 Å². The molecule has 7 heteroatoms. The largest absolute Gasteiger partial charge is 0.416 e. The molecule has 0 fully saturated rings. The third kappa shape index (κ3) is 3.86. The number of rotatable bonds is 2. The van der Waals surface area contributed by atoms with Gasteiger partial charge in [0.25, 0.3) is 0 Å². The van der Waals surface area contributed by atoms with E-state index in [1.54, 1.807) is 12.1 Å². The first kappa shape index (κ1) is 15.1. The minimum atomic E-state index is -4.46. The van der Waals surface area contributed by atoms with Crippen molar-refractivity contribution in [1.82, 2.24) is 4.98 Å². The van der Waals surface area contributed by atoms with E-state index in [4.69, 9.17) is 11.6 Å². The molecule has 0 spiro atoms. The maximum Gasteiger partial charge on any atom is 0.416 e. The zero-order valence-corrected chi connectivity index (χ0v) is 12.6. The van der Waals surface area contributed by atoms with E-state index in [9.17, 15) is 13.2 Å². The van der Waals surface area contributed by atoms with E-state index in [-0.39, 0.29) is 11.0 Å². The van der Waals surface area contributed by atoms with Crippen LogP contribution in [0.1, 0.15) is 11.1 Å². The Morgan fingerprint density at radius 3 is 2.45 bits per heavy atom. The van der Waals surface area contributed by atoms with E-state index in [2.05, 4.69) is 26.2 Å². The summed E-state index contributed by atoms with van der Waals surface area (Å²) in [6, 6.07) is 7.13. The highest BCUT2D eigenvalue weighted by Gasteiger charge is 2.31. The number of hydrogen-bond acceptors (Lipinski definition) is 2. The molecule has 0 aliphatic carbocycles. The summed E-state index contributed by atoms with van der Waals surface area (Å²) in [6.07, 6.45) is -4.46. The zero-order valence-electron chi connectivity index (χ0n) is 10.2. The molecule has 0 saturated carbocycles. The molecule has 0 radical (unpaired) electrons. The van der Waals surface area contributed by atoms with E-state index in [0.717, 1.165) is 22.2 Å². The molecule has 0 unspecified atom stereocenters. The molecule has 106 valence electrons. The van der Waals surface area contributed by atoms with Gasteiger partial charge in [-0.3, -0.25) is 0 Å². The van der Waals surface area contributed by atoms with Crippen LogP contribution in [0.25, 0.3) is 0 Å². The lowest BCUT2D eigenvalue weighted by Gasteiger charge is -2.11. The van der Waals surface area contributed by atoms with Gasteiger partial charge in [0, 0.05) is 10.2 Å². The quantitative estimate of drug-likeness (QED) is 0.704. The van der Waals surface area contributed by atoms with Crippen LogP contribution in [0.15, 0.2) is 34.8 Å². The lowest BCUT2D eigenvalue weighted by molar-refractivity contribution is -0.137. The number of hydrogen-bond donors (Lipinski definition) is 1. The molecule has 0 atom stereocenters. The number of nitrogens with one attached hydrogen (secondary N) is 1. The average molecular weight is 366 g/mol. The van der Waals surface area contributed by atoms with Crippen molar-refractivity contribution < 1.29 is 13.2 Å². The summed E-state index contributed by atoms with van der Waals surface area (Å²) in [5.74, 6) is 0.0438. The van der Waals surface area contributed by atoms with Gasteiger partial charge in [-0.05, 0) is 42.8 Å². The molecule has 2 nitrogen and oxygen atoms in total. The van der Waals surface area contributed by atoms with Gasteiger partial charge in [0.2, 0.25) is 0 Å². The highest BCUT2D eigenvalue weighted by atomic mass is 79.9. The van der Waals surface area contributed by atoms with Crippen molar-refractivity contribution in [2.45, 2.75) is 13.1 Å². The second-order valence-electron chi connectivity index (χ2n) is 4.20. The Hall–Kier alpha value is -1.27. The van der Waals surface area contributed by atoms with Crippen LogP contribution >= 0.6 is 27.5 Å². The molecule has 1 heterocycles. The second kappa shape index (κ2) is 5.61. The van der Waals surface area contributed by atoms with Crippen LogP contribution in [0, 0.1) is 6.92 Å². The number of nitrogens with zero attached hydrogens (tertiary/aromatic N) is 1. The smallest absolute Gasteiger partial charge is 0.340 e. The molecule has 1 aromatic heterocycles. The molecule has 0 amide bonds. The van der Waals surface area contributed by atoms with Crippen LogP contribution in [0.4, 0.5) is 24.7 Å². The summed E-state index contributed by atoms with van der Waals surface area (Å²) in [5, 5.41) is 2.60. The number of pyridine rings is 1. The van der Waals surface area contributed by atoms with Crippen LogP contribution in [0.3, 0.4) is 0 Å². The van der Waals surface area contributed by atoms with Crippen LogP contribution in [0.2, 0.25) is 5.15 Å². The third-order valence-electron chi connectivity index (χ3n) is 2.44. The highest BCUT2D eigenvalue weighted by Crippen LogP contribution is 2.33. The van der Waals surface area contributed by atoms with Gasteiger partial charge in [0.05, 0.1) is 5.56 Å². The van der Waals surface area contributed by atoms with Crippen molar-refractivity contribution in [3.05, 3.63) is 51.1 Å². The number of halogens is 5. The average Bonchev–Trinajstić information content (AvgIpc) is 2.25. The van der Waals surface area contributed by atoms with Crippen molar-refractivity contribution in [2.75, 3.05) is 5.32 Å². The Morgan fingerprint density at radius 1 is 1.15 bits per heavy atom. The van der Waals surface area contributed by atoms with E-state index >= 15 is 0 Å². The van der Waals surface area contributed by atoms with Gasteiger partial charge >= 0.3 is 6.18 Å². The van der Waals surface area contributed by atoms with Gasteiger partial charge in [-0.2, -0.15) is 13.2 Å². The number of alkyl halides is 3. The number of anilines is 2. The van der Waals surface area contributed by atoms with Crippen LogP contribution in [-0.4, -0.2) is 4.98 Å². The van der Waals surface area contributed by atoms with Crippen molar-refractivity contribution in [1.29, 1.82) is 0 Å². The number of aryl methyl sites for hydroxylation is 1. The van der Waals surface area contributed by atoms with E-state index in [1.807, 2.05) is 13.0 Å². The Morgan fingerprint density at radius 2 is 1.85 bits per heavy atom. The maximum absolute atomic E-state index is 12.7. The molecule has 2 rings (SSSR count). The fourth-order valence-electron chi connectivity index (χ4n) is 1.68. The van der Waals surface area contributed by atoms with Gasteiger partial charge < -0.3 is 5.32 Å². The van der Waals surface area contributed by atoms with Gasteiger partial charge in [-0.15, -0.1) is 0 Å². The first-order valence-corrected chi connectivity index (χ1v) is 6.70. The SMILES string of the molecule is Cc1cc(Br)cc(Nc2cc(C(F)(F)F)cc(Cl)n2)c1. The van der Waals surface area contributed by atoms with Gasteiger partial charge in [-0.25, -0.2) is 4.98 Å². The van der Waals surface area contributed by atoms with Crippen LogP contribution in [-0.2, 0) is 6.18 Å². The predicted molar refractivity (Wildman–Crippen MR) is 76.4 cm³/mol. The maximum atomic E-state index is 12.7. The molecular weight excluding hydrogens is 357 g/mol. The third-order valence-corrected chi connectivity index (χ3v) is 3.09. The lowest BCUT2D eigenvalue weighted by Crippen LogP contribution is -2.06. The highest BCUT2D eigenvalue weighted by molar-refractivity contribution is 9.10. The monoisotopic (exact) mass is 364 g/mol. The minimum absolute atomic E-state index is 0.0438. The summed E-state index contributed by atoms with van der Waals surface area (Å²) in [4.78, 5) is 3.84. The topological polar surface area (TPSA) is 24.9 Å². The fraction of sp³-hybridized carbons (Fsp3) is 0.154. The molecule has 1 aromatic carbocycles. The first-order valence-electron chi connectivity index (χ1n) is 5.53. The minimum Gasteiger partial charge on any atom is -0.340 e. The van der Waals surface area contributed by atoms with E-state index in [1.165, 1.54) is 0 Å². The molecular formula is C13H9BrClF3N2. The molecule has 0 aliphatic rings. The zero-order chi connectivity index (χ0) is 14.9. The van der Waals surface area contributed by atoms with E-state index in [0.29, 0.717) is 5.69 Å². The second-order valence-corrected chi connectivity index (χ2v) is 5.51.